The van der Waals surface area contributed by atoms with E-state index in [1.54, 1.807) is 6.92 Å². The number of benzene rings is 1. The van der Waals surface area contributed by atoms with E-state index in [0.29, 0.717) is 10.2 Å². The van der Waals surface area contributed by atoms with Crippen LogP contribution in [0.5, 0.6) is 0 Å². The monoisotopic (exact) mass is 377 g/mol. The predicted octanol–water partition coefficient (Wildman–Crippen LogP) is 1.95. The summed E-state index contributed by atoms with van der Waals surface area (Å²) >= 11 is 3.13. The van der Waals surface area contributed by atoms with Gasteiger partial charge >= 0.3 is 0 Å². The third-order valence-corrected chi connectivity index (χ3v) is 7.29. The number of rotatable bonds is 1. The van der Waals surface area contributed by atoms with Crippen molar-refractivity contribution >= 4 is 37.3 Å². The molecular formula is C13H17BrFN3O2S. The van der Waals surface area contributed by atoms with E-state index in [1.165, 1.54) is 26.0 Å². The highest BCUT2D eigenvalue weighted by atomic mass is 79.9. The molecule has 0 saturated heterocycles. The van der Waals surface area contributed by atoms with Crippen LogP contribution >= 0.6 is 15.9 Å². The smallest absolute Gasteiger partial charge is 0.165 e. The third-order valence-electron chi connectivity index (χ3n) is 3.90. The molecule has 5 nitrogen and oxygen atoms in total. The summed E-state index contributed by atoms with van der Waals surface area (Å²) in [5.41, 5.74) is 10.7. The number of nitrogens with zero attached hydrogens (tertiary/aromatic N) is 1. The van der Waals surface area contributed by atoms with Crippen molar-refractivity contribution < 1.29 is 12.8 Å². The molecule has 1 aliphatic rings. The predicted molar refractivity (Wildman–Crippen MR) is 85.4 cm³/mol. The summed E-state index contributed by atoms with van der Waals surface area (Å²) in [5, 5.41) is 0. The fourth-order valence-electron chi connectivity index (χ4n) is 2.26. The molecule has 1 aliphatic heterocycles. The zero-order valence-electron chi connectivity index (χ0n) is 11.9. The summed E-state index contributed by atoms with van der Waals surface area (Å²) in [6.45, 7) is 4.53. The van der Waals surface area contributed by atoms with Gasteiger partial charge in [0.25, 0.3) is 0 Å². The minimum absolute atomic E-state index is 0.0304. The SMILES string of the molecule is CC1(C)C(N)=N[C@](C)(c2cc(N)c(Br)cc2F)CS1(=O)=O. The molecule has 1 aromatic carbocycles. The Bertz CT molecular complexity index is 746. The van der Waals surface area contributed by atoms with Crippen LogP contribution in [0.25, 0.3) is 0 Å². The van der Waals surface area contributed by atoms with Gasteiger partial charge in [0.1, 0.15) is 21.9 Å². The summed E-state index contributed by atoms with van der Waals surface area (Å²) < 4.78 is 38.3. The van der Waals surface area contributed by atoms with Crippen LogP contribution in [-0.4, -0.2) is 24.8 Å². The summed E-state index contributed by atoms with van der Waals surface area (Å²) in [4.78, 5) is 4.27. The second-order valence-electron chi connectivity index (χ2n) is 5.89. The maximum atomic E-state index is 14.2. The quantitative estimate of drug-likeness (QED) is 0.730. The lowest BCUT2D eigenvalue weighted by molar-refractivity contribution is 0.475. The van der Waals surface area contributed by atoms with E-state index in [9.17, 15) is 12.8 Å². The number of amidine groups is 1. The van der Waals surface area contributed by atoms with Crippen molar-refractivity contribution in [1.29, 1.82) is 0 Å². The van der Waals surface area contributed by atoms with Gasteiger partial charge in [0.05, 0.1) is 5.75 Å². The Morgan fingerprint density at radius 3 is 2.38 bits per heavy atom. The number of sulfone groups is 1. The molecule has 0 aromatic heterocycles. The first-order chi connectivity index (χ1) is 9.41. The van der Waals surface area contributed by atoms with Crippen LogP contribution in [0.3, 0.4) is 0 Å². The summed E-state index contributed by atoms with van der Waals surface area (Å²) in [5.74, 6) is -0.937. The maximum absolute atomic E-state index is 14.2. The normalized spacial score (nSPS) is 27.2. The van der Waals surface area contributed by atoms with E-state index in [1.807, 2.05) is 0 Å². The first-order valence-corrected chi connectivity index (χ1v) is 8.68. The lowest BCUT2D eigenvalue weighted by Gasteiger charge is -2.38. The molecule has 1 aromatic rings. The van der Waals surface area contributed by atoms with Crippen LogP contribution < -0.4 is 11.5 Å². The van der Waals surface area contributed by atoms with Crippen LogP contribution in [0.1, 0.15) is 26.3 Å². The van der Waals surface area contributed by atoms with E-state index >= 15 is 0 Å². The fraction of sp³-hybridized carbons (Fsp3) is 0.462. The van der Waals surface area contributed by atoms with E-state index in [0.717, 1.165) is 0 Å². The second-order valence-corrected chi connectivity index (χ2v) is 9.29. The Hall–Kier alpha value is -1.15. The summed E-state index contributed by atoms with van der Waals surface area (Å²) in [6, 6.07) is 2.60. The van der Waals surface area contributed by atoms with Gasteiger partial charge in [0, 0.05) is 15.7 Å². The van der Waals surface area contributed by atoms with Gasteiger partial charge in [0.15, 0.2) is 9.84 Å². The Morgan fingerprint density at radius 2 is 1.86 bits per heavy atom. The number of hydrogen-bond donors (Lipinski definition) is 2. The standard InChI is InChI=1S/C13H17BrFN3O2S/c1-12(2)11(17)18-13(3,6-21(12,19)20)7-4-10(16)8(14)5-9(7)15/h4-5H,6,16H2,1-3H3,(H2,17,18)/t13-/m0/s1. The number of hydrogen-bond acceptors (Lipinski definition) is 5. The molecule has 0 radical (unpaired) electrons. The molecule has 21 heavy (non-hydrogen) atoms. The van der Waals surface area contributed by atoms with Crippen LogP contribution in [0, 0.1) is 5.82 Å². The van der Waals surface area contributed by atoms with E-state index < -0.39 is 25.9 Å². The lowest BCUT2D eigenvalue weighted by Crippen LogP contribution is -2.55. The van der Waals surface area contributed by atoms with Gasteiger partial charge in [-0.05, 0) is 48.8 Å². The number of anilines is 1. The van der Waals surface area contributed by atoms with E-state index in [4.69, 9.17) is 11.5 Å². The lowest BCUT2D eigenvalue weighted by atomic mass is 9.93. The molecule has 1 heterocycles. The molecular weight excluding hydrogens is 361 g/mol. The third kappa shape index (κ3) is 2.44. The molecule has 1 atom stereocenters. The van der Waals surface area contributed by atoms with E-state index in [-0.39, 0.29) is 17.2 Å². The Kier molecular flexibility index (Phi) is 3.61. The van der Waals surface area contributed by atoms with Gasteiger partial charge in [0.2, 0.25) is 0 Å². The first-order valence-electron chi connectivity index (χ1n) is 6.24. The number of halogens is 2. The largest absolute Gasteiger partial charge is 0.398 e. The second kappa shape index (κ2) is 4.67. The average Bonchev–Trinajstić information content (AvgIpc) is 2.31. The minimum atomic E-state index is -3.58. The van der Waals surface area contributed by atoms with Crippen LogP contribution in [0.2, 0.25) is 0 Å². The highest BCUT2D eigenvalue weighted by Crippen LogP contribution is 2.39. The average molecular weight is 378 g/mol. The van der Waals surface area contributed by atoms with Crippen molar-refractivity contribution in [2.24, 2.45) is 10.7 Å². The van der Waals surface area contributed by atoms with Crippen molar-refractivity contribution in [3.05, 3.63) is 28.0 Å². The Balaban J connectivity index is 2.70. The molecule has 4 N–H and O–H groups in total. The molecule has 0 spiro atoms. The summed E-state index contributed by atoms with van der Waals surface area (Å²) in [6.07, 6.45) is 0. The molecule has 0 unspecified atom stereocenters. The van der Waals surface area contributed by atoms with Crippen LogP contribution in [0.15, 0.2) is 21.6 Å². The van der Waals surface area contributed by atoms with Crippen molar-refractivity contribution in [3.63, 3.8) is 0 Å². The van der Waals surface area contributed by atoms with Gasteiger partial charge in [-0.1, -0.05) is 0 Å². The number of nitrogen functional groups attached to an aromatic ring is 1. The van der Waals surface area contributed by atoms with Gasteiger partial charge in [-0.3, -0.25) is 4.99 Å². The summed E-state index contributed by atoms with van der Waals surface area (Å²) in [7, 11) is -3.58. The molecule has 0 amide bonds. The van der Waals surface area contributed by atoms with Crippen molar-refractivity contribution in [3.8, 4) is 0 Å². The highest BCUT2D eigenvalue weighted by molar-refractivity contribution is 9.10. The first kappa shape index (κ1) is 16.2. The van der Waals surface area contributed by atoms with Crippen molar-refractivity contribution in [2.75, 3.05) is 11.5 Å². The number of nitrogens with two attached hydrogens (primary N) is 2. The topological polar surface area (TPSA) is 98.5 Å². The molecule has 116 valence electrons. The fourth-order valence-corrected chi connectivity index (χ4v) is 4.26. The molecule has 0 fully saturated rings. The molecule has 8 heteroatoms. The van der Waals surface area contributed by atoms with Gasteiger partial charge in [-0.15, -0.1) is 0 Å². The Labute approximate surface area is 131 Å². The minimum Gasteiger partial charge on any atom is -0.398 e. The van der Waals surface area contributed by atoms with Crippen LogP contribution in [0.4, 0.5) is 10.1 Å². The zero-order chi connectivity index (χ0) is 16.2. The van der Waals surface area contributed by atoms with Gasteiger partial charge in [-0.2, -0.15) is 0 Å². The number of aliphatic imine (C=N–C) groups is 1. The molecule has 0 saturated carbocycles. The zero-order valence-corrected chi connectivity index (χ0v) is 14.3. The van der Waals surface area contributed by atoms with Crippen molar-refractivity contribution in [2.45, 2.75) is 31.1 Å². The van der Waals surface area contributed by atoms with Gasteiger partial charge in [-0.25, -0.2) is 12.8 Å². The highest BCUT2D eigenvalue weighted by Gasteiger charge is 2.49. The Morgan fingerprint density at radius 1 is 1.29 bits per heavy atom. The van der Waals surface area contributed by atoms with Crippen molar-refractivity contribution in [1.82, 2.24) is 0 Å². The maximum Gasteiger partial charge on any atom is 0.165 e. The molecule has 0 bridgehead atoms. The van der Waals surface area contributed by atoms with E-state index in [2.05, 4.69) is 20.9 Å². The molecule has 0 aliphatic carbocycles. The van der Waals surface area contributed by atoms with Gasteiger partial charge < -0.3 is 11.5 Å². The van der Waals surface area contributed by atoms with Crippen LogP contribution in [-0.2, 0) is 15.4 Å². The molecule has 2 rings (SSSR count).